The van der Waals surface area contributed by atoms with Gasteiger partial charge in [0.2, 0.25) is 0 Å². The number of benzene rings is 2. The number of aromatic nitrogens is 9. The van der Waals surface area contributed by atoms with E-state index in [0.29, 0.717) is 110 Å². The number of ether oxygens (including phenoxy) is 17. The van der Waals surface area contributed by atoms with Crippen molar-refractivity contribution in [1.29, 1.82) is 0 Å². The highest BCUT2D eigenvalue weighted by Crippen LogP contribution is 2.31. The van der Waals surface area contributed by atoms with Crippen LogP contribution in [0.25, 0.3) is 16.9 Å². The fourth-order valence-electron chi connectivity index (χ4n) is 13.3. The predicted octanol–water partition coefficient (Wildman–Crippen LogP) is 1.95. The lowest BCUT2D eigenvalue weighted by molar-refractivity contribution is -0.307. The predicted molar refractivity (Wildman–Crippen MR) is 460 cm³/mol. The third-order valence-electron chi connectivity index (χ3n) is 19.6. The summed E-state index contributed by atoms with van der Waals surface area (Å²) in [5.74, 6) is 3.60. The first kappa shape index (κ1) is 106. The molecule has 5 fully saturated rings. The van der Waals surface area contributed by atoms with Crippen molar-refractivity contribution in [3.05, 3.63) is 89.6 Å². The van der Waals surface area contributed by atoms with Crippen LogP contribution in [0.1, 0.15) is 132 Å². The highest BCUT2D eigenvalue weighted by Gasteiger charge is 2.52. The quantitative estimate of drug-likeness (QED) is 0.0198. The van der Waals surface area contributed by atoms with E-state index in [1.807, 2.05) is 74.0 Å². The van der Waals surface area contributed by atoms with E-state index in [2.05, 4.69) is 57.7 Å². The summed E-state index contributed by atoms with van der Waals surface area (Å²) in [7, 11) is -1.90. The average molecular weight is 1810 g/mol. The highest BCUT2D eigenvalue weighted by molar-refractivity contribution is 8.00. The van der Waals surface area contributed by atoms with Crippen LogP contribution in [0.4, 0.5) is 0 Å². The highest BCUT2D eigenvalue weighted by atomic mass is 32.2. The number of hydrogen-bond acceptors (Lipinski definition) is 34. The number of carbonyl (C=O) groups is 3. The molecule has 0 radical (unpaired) electrons. The van der Waals surface area contributed by atoms with Crippen LogP contribution in [0.15, 0.2) is 67.1 Å². The molecule has 126 heavy (non-hydrogen) atoms. The van der Waals surface area contributed by atoms with Crippen LogP contribution in [0, 0.1) is 6.92 Å². The van der Waals surface area contributed by atoms with Crippen LogP contribution in [0.2, 0.25) is 0 Å². The first-order valence-electron chi connectivity index (χ1n) is 43.2. The maximum absolute atomic E-state index is 13.1. The number of nitrogens with one attached hydrogen (secondary N) is 3. The Bertz CT molecular complexity index is 3960. The van der Waals surface area contributed by atoms with E-state index in [0.717, 1.165) is 67.2 Å². The second-order valence-corrected chi connectivity index (χ2v) is 35.2. The Morgan fingerprint density at radius 2 is 0.905 bits per heavy atom. The molecule has 0 aliphatic carbocycles. The smallest absolute Gasteiger partial charge is 0.252 e. The Hall–Kier alpha value is -6.67. The summed E-state index contributed by atoms with van der Waals surface area (Å²) in [6.07, 6.45) is -11.4. The van der Waals surface area contributed by atoms with E-state index in [-0.39, 0.29) is 83.2 Å². The molecule has 0 spiro atoms. The summed E-state index contributed by atoms with van der Waals surface area (Å²) in [4.78, 5) is 41.0. The molecule has 0 saturated carbocycles. The van der Waals surface area contributed by atoms with E-state index in [9.17, 15) is 49.2 Å². The maximum atomic E-state index is 13.1. The summed E-state index contributed by atoms with van der Waals surface area (Å²) in [6.45, 7) is 33.0. The number of aliphatic hydroxyl groups is 6. The van der Waals surface area contributed by atoms with Gasteiger partial charge in [-0.25, -0.2) is 14.0 Å². The molecule has 714 valence electrons. The molecule has 41 heteroatoms. The van der Waals surface area contributed by atoms with Gasteiger partial charge in [0.1, 0.15) is 66.3 Å². The second-order valence-electron chi connectivity index (χ2n) is 32.5. The van der Waals surface area contributed by atoms with Crippen molar-refractivity contribution >= 4 is 33.1 Å². The van der Waals surface area contributed by atoms with Gasteiger partial charge in [0, 0.05) is 69.1 Å². The van der Waals surface area contributed by atoms with E-state index in [4.69, 9.17) is 80.5 Å². The van der Waals surface area contributed by atoms with Crippen molar-refractivity contribution in [2.24, 2.45) is 0 Å². The SMILES string of the molecule is C.C=S1(=O)CCN(Cc2cn(CCOCCOCCOCCNC(=O)C3O[C@@H](OC(C)C)[C@@H](O)[C@@H](O)[C@@H]3OC(C)C)nn2)CC1.CC(C)O[C@@H]1OC(C(=O)NCc2ccc(-n3cc(COC4CCCCO4)nn3)cc2)[C@@H](OC(C)C)[C@H](O)[C@@H]1O.Cc1ccc(-c2cn(CCOCCOCCOCCNC(=O)C3O[C@@H](OC(C)C)[C@@H](O)[C@@H](O)[C@@H]3OC(C)C)nn2)cc1. The fourth-order valence-corrected chi connectivity index (χ4v) is 14.7. The van der Waals surface area contributed by atoms with Crippen molar-refractivity contribution in [3.8, 4) is 16.9 Å². The summed E-state index contributed by atoms with van der Waals surface area (Å²) in [6, 6.07) is 15.6. The minimum absolute atomic E-state index is 0. The molecule has 4 unspecified atom stereocenters. The van der Waals surface area contributed by atoms with Gasteiger partial charge in [-0.1, -0.05) is 65.0 Å². The zero-order valence-corrected chi connectivity index (χ0v) is 75.3. The Morgan fingerprint density at radius 3 is 1.34 bits per heavy atom. The molecule has 40 nitrogen and oxygen atoms in total. The average Bonchev–Trinajstić information content (AvgIpc) is 1.01. The number of hydrogen-bond donors (Lipinski definition) is 9. The minimum Gasteiger partial charge on any atom is -0.387 e. The van der Waals surface area contributed by atoms with Crippen LogP contribution in [0.5, 0.6) is 0 Å². The zero-order chi connectivity index (χ0) is 90.5. The van der Waals surface area contributed by atoms with Crippen molar-refractivity contribution in [1.82, 2.24) is 65.8 Å². The normalized spacial score (nSPS) is 25.2. The minimum atomic E-state index is -1.90. The van der Waals surface area contributed by atoms with Gasteiger partial charge in [-0.3, -0.25) is 23.5 Å². The number of aryl methyl sites for hydroxylation is 1. The molecule has 5 saturated heterocycles. The molecule has 5 aromatic rings. The van der Waals surface area contributed by atoms with Crippen LogP contribution < -0.4 is 16.0 Å². The Labute approximate surface area is 740 Å². The van der Waals surface area contributed by atoms with Crippen LogP contribution in [0.3, 0.4) is 0 Å². The van der Waals surface area contributed by atoms with E-state index in [1.54, 1.807) is 97.1 Å². The van der Waals surface area contributed by atoms with Gasteiger partial charge < -0.3 is 127 Å². The lowest BCUT2D eigenvalue weighted by Crippen LogP contribution is -2.63. The number of aliphatic hydroxyl groups excluding tert-OH is 6. The Morgan fingerprint density at radius 1 is 0.492 bits per heavy atom. The van der Waals surface area contributed by atoms with Gasteiger partial charge in [-0.15, -0.1) is 15.3 Å². The maximum Gasteiger partial charge on any atom is 0.252 e. The number of carbonyl (C=O) groups excluding carboxylic acids is 3. The van der Waals surface area contributed by atoms with Gasteiger partial charge in [0.05, 0.1) is 159 Å². The second kappa shape index (κ2) is 55.5. The number of nitrogens with zero attached hydrogens (tertiary/aromatic N) is 10. The molecule has 9 N–H and O–H groups in total. The lowest BCUT2D eigenvalue weighted by atomic mass is 9.97. The molecule has 16 atom stereocenters. The molecule has 5 aliphatic rings. The lowest BCUT2D eigenvalue weighted by Gasteiger charge is -2.42. The molecular weight excluding hydrogens is 1670 g/mol. The Kier molecular flexibility index (Phi) is 46.8. The molecular formula is C85H141N13O27S. The standard InChI is InChI=1S/C29H46N4O9.C28H51N5O10S.C27H40N4O8.CH4/c1-19(2)40-26-24(34)25(35)29(41-20(3)4)42-27(26)28(36)30-10-12-37-14-16-39-17-15-38-13-11-33-18-23(31-32-33)22-8-6-21(5)7-9-22;1-20(2)41-25-23(34)24(35)28(42-21(3)4)43-26(25)27(36)29-6-10-38-12-14-40-15-13-39-11-7-33-19-22(30-31-33)18-32-8-16-44(5,37)17-9-32;1-16(2)37-24-22(32)23(33)27(38-17(3)4)39-25(24)26(34)28-13-18-8-10-20(11-9-18)31-14-19(29-30-31)15-36-21-7-5-6-12-35-21;/h6-9,18-20,24-27,29,34-35H,10-17H2,1-5H3,(H,30,36);19-21,23-26,28,34-35H,5-18H2,1-4H3,(H,29,36);8-11,14,16-17,21-25,27,32-33H,5-7,12-13,15H2,1-4H3,(H,28,34);1H4/t24-,25+,26+,27?,29-;23-,24+,25+,26?,28-;21?,22-,23+,24+,25?,27-;/m111./s1. The Balaban J connectivity index is 0.000000259. The zero-order valence-electron chi connectivity index (χ0n) is 74.5. The largest absolute Gasteiger partial charge is 0.387 e. The molecule has 3 aromatic heterocycles. The summed E-state index contributed by atoms with van der Waals surface area (Å²) in [5.41, 5.74) is 6.29. The van der Waals surface area contributed by atoms with Crippen LogP contribution >= 0.6 is 0 Å². The molecule has 3 amide bonds. The first-order chi connectivity index (χ1) is 59.8. The van der Waals surface area contributed by atoms with Crippen LogP contribution in [-0.2, 0) is 137 Å². The van der Waals surface area contributed by atoms with Crippen molar-refractivity contribution < 1.29 is 130 Å². The van der Waals surface area contributed by atoms with Crippen molar-refractivity contribution in [2.45, 2.75) is 285 Å². The van der Waals surface area contributed by atoms with E-state index < -0.39 is 119 Å². The van der Waals surface area contributed by atoms with Gasteiger partial charge in [0.15, 0.2) is 43.5 Å². The molecule has 5 aliphatic heterocycles. The van der Waals surface area contributed by atoms with Gasteiger partial charge in [0.25, 0.3) is 17.7 Å². The summed E-state index contributed by atoms with van der Waals surface area (Å²) in [5, 5.41) is 96.4. The molecule has 0 bridgehead atoms. The summed E-state index contributed by atoms with van der Waals surface area (Å²) >= 11 is 0. The van der Waals surface area contributed by atoms with E-state index in [1.165, 1.54) is 5.56 Å². The monoisotopic (exact) mass is 1810 g/mol. The third kappa shape index (κ3) is 36.6. The first-order valence-corrected chi connectivity index (χ1v) is 45.3. The topological polar surface area (TPSA) is 478 Å². The molecule has 8 heterocycles. The van der Waals surface area contributed by atoms with E-state index >= 15 is 0 Å². The molecule has 10 rings (SSSR count). The van der Waals surface area contributed by atoms with Gasteiger partial charge in [-0.2, -0.15) is 0 Å². The number of amides is 3. The van der Waals surface area contributed by atoms with Crippen molar-refractivity contribution in [3.63, 3.8) is 0 Å². The van der Waals surface area contributed by atoms with Gasteiger partial charge in [-0.05, 0) is 142 Å². The van der Waals surface area contributed by atoms with Gasteiger partial charge >= 0.3 is 0 Å². The third-order valence-corrected chi connectivity index (χ3v) is 21.5. The van der Waals surface area contributed by atoms with Crippen molar-refractivity contribution in [2.75, 3.05) is 124 Å². The van der Waals surface area contributed by atoms with Crippen LogP contribution in [-0.4, -0.2) is 367 Å². The fraction of sp³-hybridized carbons (Fsp3) is 0.741. The number of rotatable bonds is 48. The summed E-state index contributed by atoms with van der Waals surface area (Å²) < 4.78 is 113. The molecule has 2 aromatic carbocycles.